The smallest absolute Gasteiger partial charge is 0.228 e. The highest BCUT2D eigenvalue weighted by molar-refractivity contribution is 7.88. The van der Waals surface area contributed by atoms with Crippen molar-refractivity contribution in [2.45, 2.75) is 19.1 Å². The molecule has 3 rings (SSSR count). The molecule has 1 N–H and O–H groups in total. The molecule has 0 aliphatic rings. The van der Waals surface area contributed by atoms with Gasteiger partial charge in [0.25, 0.3) is 0 Å². The Morgan fingerprint density at radius 3 is 2.56 bits per heavy atom. The van der Waals surface area contributed by atoms with Crippen LogP contribution in [0.4, 0.5) is 0 Å². The van der Waals surface area contributed by atoms with Crippen LogP contribution in [0, 0.1) is 6.92 Å². The number of ether oxygens (including phenoxy) is 1. The highest BCUT2D eigenvalue weighted by Crippen LogP contribution is 2.19. The quantitative estimate of drug-likeness (QED) is 0.639. The van der Waals surface area contributed by atoms with Crippen molar-refractivity contribution in [1.82, 2.24) is 14.9 Å². The minimum absolute atomic E-state index is 0.0550. The first-order chi connectivity index (χ1) is 13.0. The third-order valence-electron chi connectivity index (χ3n) is 4.08. The van der Waals surface area contributed by atoms with Crippen molar-refractivity contribution in [2.24, 2.45) is 0 Å². The van der Waals surface area contributed by atoms with Gasteiger partial charge in [0.2, 0.25) is 21.7 Å². The zero-order chi connectivity index (χ0) is 19.3. The van der Waals surface area contributed by atoms with Gasteiger partial charge in [0.15, 0.2) is 0 Å². The predicted molar refractivity (Wildman–Crippen MR) is 102 cm³/mol. The lowest BCUT2D eigenvalue weighted by Gasteiger charge is -2.07. The minimum atomic E-state index is -3.43. The Morgan fingerprint density at radius 1 is 1.11 bits per heavy atom. The zero-order valence-corrected chi connectivity index (χ0v) is 16.0. The summed E-state index contributed by atoms with van der Waals surface area (Å²) in [7, 11) is -1.84. The summed E-state index contributed by atoms with van der Waals surface area (Å²) in [5.74, 6) is 1.51. The summed E-state index contributed by atoms with van der Waals surface area (Å²) in [5.41, 5.74) is 2.53. The Kier molecular flexibility index (Phi) is 5.88. The zero-order valence-electron chi connectivity index (χ0n) is 15.2. The Labute approximate surface area is 158 Å². The number of aromatic nitrogens is 2. The first-order valence-corrected chi connectivity index (χ1v) is 10.1. The molecule has 3 aromatic rings. The van der Waals surface area contributed by atoms with Crippen LogP contribution in [0.25, 0.3) is 11.4 Å². The van der Waals surface area contributed by atoms with Gasteiger partial charge in [0, 0.05) is 18.5 Å². The molecule has 0 fully saturated rings. The lowest BCUT2D eigenvalue weighted by atomic mass is 10.1. The van der Waals surface area contributed by atoms with E-state index < -0.39 is 10.0 Å². The summed E-state index contributed by atoms with van der Waals surface area (Å²) >= 11 is 0. The highest BCUT2D eigenvalue weighted by Gasteiger charge is 2.14. The predicted octanol–water partition coefficient (Wildman–Crippen LogP) is 2.72. The number of rotatable bonds is 8. The van der Waals surface area contributed by atoms with E-state index in [1.165, 1.54) is 0 Å². The minimum Gasteiger partial charge on any atom is -0.497 e. The molecule has 0 radical (unpaired) electrons. The second-order valence-electron chi connectivity index (χ2n) is 6.07. The molecular weight excluding hydrogens is 366 g/mol. The van der Waals surface area contributed by atoms with Gasteiger partial charge in [-0.1, -0.05) is 29.4 Å². The lowest BCUT2D eigenvalue weighted by Crippen LogP contribution is -2.27. The molecule has 0 aliphatic heterocycles. The maximum Gasteiger partial charge on any atom is 0.228 e. The average Bonchev–Trinajstić information content (AvgIpc) is 3.12. The van der Waals surface area contributed by atoms with Crippen LogP contribution in [0.3, 0.4) is 0 Å². The topological polar surface area (TPSA) is 94.3 Å². The average molecular weight is 387 g/mol. The van der Waals surface area contributed by atoms with Gasteiger partial charge in [0.1, 0.15) is 5.75 Å². The molecule has 2 aromatic carbocycles. The summed E-state index contributed by atoms with van der Waals surface area (Å²) < 4.78 is 37.4. The SMILES string of the molecule is COc1ccc(-c2noc(CCNS(=O)(=O)Cc3ccccc3C)n2)cc1. The molecule has 1 heterocycles. The monoisotopic (exact) mass is 387 g/mol. The molecule has 0 saturated carbocycles. The number of sulfonamides is 1. The summed E-state index contributed by atoms with van der Waals surface area (Å²) in [6.07, 6.45) is 0.316. The molecule has 0 unspecified atom stereocenters. The Balaban J connectivity index is 1.56. The van der Waals surface area contributed by atoms with Crippen molar-refractivity contribution in [3.8, 4) is 17.1 Å². The number of methoxy groups -OCH3 is 1. The van der Waals surface area contributed by atoms with Gasteiger partial charge in [-0.2, -0.15) is 4.98 Å². The van der Waals surface area contributed by atoms with Crippen molar-refractivity contribution >= 4 is 10.0 Å². The normalized spacial score (nSPS) is 11.5. The molecule has 1 aromatic heterocycles. The first kappa shape index (κ1) is 19.1. The van der Waals surface area contributed by atoms with Gasteiger partial charge in [-0.05, 0) is 42.3 Å². The van der Waals surface area contributed by atoms with Crippen LogP contribution in [-0.2, 0) is 22.2 Å². The van der Waals surface area contributed by atoms with Gasteiger partial charge in [-0.25, -0.2) is 13.1 Å². The standard InChI is InChI=1S/C19H21N3O4S/c1-14-5-3-4-6-16(14)13-27(23,24)20-12-11-18-21-19(22-26-18)15-7-9-17(25-2)10-8-15/h3-10,20H,11-13H2,1-2H3. The fraction of sp³-hybridized carbons (Fsp3) is 0.263. The molecular formula is C19H21N3O4S. The van der Waals surface area contributed by atoms with E-state index in [2.05, 4.69) is 14.9 Å². The largest absolute Gasteiger partial charge is 0.497 e. The first-order valence-electron chi connectivity index (χ1n) is 8.46. The Hall–Kier alpha value is -2.71. The van der Waals surface area contributed by atoms with Crippen molar-refractivity contribution in [3.05, 3.63) is 65.5 Å². The number of nitrogens with zero attached hydrogens (tertiary/aromatic N) is 2. The molecule has 0 aliphatic carbocycles. The third kappa shape index (κ3) is 5.15. The molecule has 27 heavy (non-hydrogen) atoms. The maximum absolute atomic E-state index is 12.2. The van der Waals surface area contributed by atoms with Crippen LogP contribution in [0.1, 0.15) is 17.0 Å². The third-order valence-corrected chi connectivity index (χ3v) is 5.42. The number of aryl methyl sites for hydroxylation is 1. The Bertz CT molecular complexity index is 998. The summed E-state index contributed by atoms with van der Waals surface area (Å²) in [6, 6.07) is 14.7. The molecule has 0 spiro atoms. The van der Waals surface area contributed by atoms with E-state index in [4.69, 9.17) is 9.26 Å². The molecule has 142 valence electrons. The van der Waals surface area contributed by atoms with Crippen LogP contribution >= 0.6 is 0 Å². The van der Waals surface area contributed by atoms with Gasteiger partial charge < -0.3 is 9.26 Å². The maximum atomic E-state index is 12.2. The van der Waals surface area contributed by atoms with Gasteiger partial charge >= 0.3 is 0 Å². The molecule has 0 saturated heterocycles. The van der Waals surface area contributed by atoms with Crippen LogP contribution in [-0.4, -0.2) is 32.2 Å². The lowest BCUT2D eigenvalue weighted by molar-refractivity contribution is 0.379. The van der Waals surface area contributed by atoms with Crippen molar-refractivity contribution in [3.63, 3.8) is 0 Å². The van der Waals surface area contributed by atoms with Gasteiger partial charge in [-0.15, -0.1) is 0 Å². The summed E-state index contributed by atoms with van der Waals surface area (Å²) in [6.45, 7) is 2.09. The van der Waals surface area contributed by atoms with E-state index >= 15 is 0 Å². The fourth-order valence-corrected chi connectivity index (χ4v) is 3.80. The van der Waals surface area contributed by atoms with Crippen LogP contribution in [0.2, 0.25) is 0 Å². The number of benzene rings is 2. The van der Waals surface area contributed by atoms with Gasteiger partial charge in [0.05, 0.1) is 12.9 Å². The van der Waals surface area contributed by atoms with E-state index in [1.54, 1.807) is 7.11 Å². The van der Waals surface area contributed by atoms with Crippen LogP contribution in [0.5, 0.6) is 5.75 Å². The molecule has 7 nitrogen and oxygen atoms in total. The number of hydrogen-bond acceptors (Lipinski definition) is 6. The van der Waals surface area contributed by atoms with Crippen molar-refractivity contribution < 1.29 is 17.7 Å². The van der Waals surface area contributed by atoms with E-state index in [0.717, 1.165) is 22.4 Å². The summed E-state index contributed by atoms with van der Waals surface area (Å²) in [4.78, 5) is 4.30. The fourth-order valence-electron chi connectivity index (χ4n) is 2.56. The van der Waals surface area contributed by atoms with E-state index in [1.807, 2.05) is 55.5 Å². The van der Waals surface area contributed by atoms with E-state index in [-0.39, 0.29) is 12.3 Å². The second kappa shape index (κ2) is 8.32. The second-order valence-corrected chi connectivity index (χ2v) is 7.88. The molecule has 8 heteroatoms. The molecule has 0 amide bonds. The van der Waals surface area contributed by atoms with Gasteiger partial charge in [-0.3, -0.25) is 0 Å². The Morgan fingerprint density at radius 2 is 1.85 bits per heavy atom. The molecule has 0 bridgehead atoms. The highest BCUT2D eigenvalue weighted by atomic mass is 32.2. The van der Waals surface area contributed by atoms with E-state index in [9.17, 15) is 8.42 Å². The van der Waals surface area contributed by atoms with Crippen LogP contribution < -0.4 is 9.46 Å². The van der Waals surface area contributed by atoms with Crippen LogP contribution in [0.15, 0.2) is 53.1 Å². The van der Waals surface area contributed by atoms with Crippen molar-refractivity contribution in [2.75, 3.05) is 13.7 Å². The van der Waals surface area contributed by atoms with E-state index in [0.29, 0.717) is 18.1 Å². The van der Waals surface area contributed by atoms with Crippen molar-refractivity contribution in [1.29, 1.82) is 0 Å². The number of hydrogen-bond donors (Lipinski definition) is 1. The summed E-state index contributed by atoms with van der Waals surface area (Å²) in [5, 5.41) is 3.93. The number of nitrogens with one attached hydrogen (secondary N) is 1. The molecule has 0 atom stereocenters.